The molecule has 19 heavy (non-hydrogen) atoms. The van der Waals surface area contributed by atoms with Crippen LogP contribution in [0.25, 0.3) is 0 Å². The van der Waals surface area contributed by atoms with E-state index in [-0.39, 0.29) is 17.5 Å². The second-order valence-corrected chi connectivity index (χ2v) is 5.61. The average molecular weight is 266 g/mol. The second kappa shape index (κ2) is 5.97. The fourth-order valence-corrected chi connectivity index (χ4v) is 3.18. The lowest BCUT2D eigenvalue weighted by Gasteiger charge is -2.44. The minimum atomic E-state index is -0.298. The predicted molar refractivity (Wildman–Crippen MR) is 73.4 cm³/mol. The van der Waals surface area contributed by atoms with Crippen molar-refractivity contribution in [2.24, 2.45) is 5.92 Å². The maximum absolute atomic E-state index is 13.4. The van der Waals surface area contributed by atoms with E-state index in [0.29, 0.717) is 0 Å². The Kier molecular flexibility index (Phi) is 4.53. The molecular formula is C15H23FN2O. The van der Waals surface area contributed by atoms with Crippen molar-refractivity contribution in [1.82, 2.24) is 10.3 Å². The number of aromatic nitrogens is 1. The number of halogens is 1. The van der Waals surface area contributed by atoms with Gasteiger partial charge in [-0.15, -0.1) is 0 Å². The fourth-order valence-electron chi connectivity index (χ4n) is 3.18. The van der Waals surface area contributed by atoms with Gasteiger partial charge in [-0.3, -0.25) is 4.98 Å². The van der Waals surface area contributed by atoms with E-state index < -0.39 is 0 Å². The minimum Gasteiger partial charge on any atom is -0.376 e. The molecular weight excluding hydrogens is 243 g/mol. The summed E-state index contributed by atoms with van der Waals surface area (Å²) in [4.78, 5) is 3.96. The number of hydrogen-bond acceptors (Lipinski definition) is 3. The molecule has 1 atom stereocenters. The number of rotatable bonds is 4. The summed E-state index contributed by atoms with van der Waals surface area (Å²) in [7, 11) is 3.65. The number of nitrogens with zero attached hydrogens (tertiary/aromatic N) is 1. The van der Waals surface area contributed by atoms with Crippen LogP contribution in [0.3, 0.4) is 0 Å². The normalized spacial score (nSPS) is 29.2. The maximum Gasteiger partial charge on any atom is 0.141 e. The molecule has 0 aliphatic heterocycles. The van der Waals surface area contributed by atoms with Crippen LogP contribution in [0.4, 0.5) is 4.39 Å². The zero-order valence-electron chi connectivity index (χ0n) is 11.9. The summed E-state index contributed by atoms with van der Waals surface area (Å²) in [5, 5.41) is 3.29. The molecule has 1 aromatic heterocycles. The zero-order valence-corrected chi connectivity index (χ0v) is 11.9. The maximum atomic E-state index is 13.4. The van der Waals surface area contributed by atoms with Gasteiger partial charge in [-0.2, -0.15) is 0 Å². The summed E-state index contributed by atoms with van der Waals surface area (Å²) in [6.45, 7) is 2.28. The number of ether oxygens (including phenoxy) is 1. The molecule has 3 nitrogen and oxygen atoms in total. The highest BCUT2D eigenvalue weighted by molar-refractivity contribution is 5.20. The third-order valence-corrected chi connectivity index (χ3v) is 4.40. The molecule has 1 saturated carbocycles. The van der Waals surface area contributed by atoms with Gasteiger partial charge >= 0.3 is 0 Å². The number of pyridine rings is 1. The van der Waals surface area contributed by atoms with Crippen LogP contribution >= 0.6 is 0 Å². The van der Waals surface area contributed by atoms with Gasteiger partial charge in [0.05, 0.1) is 17.8 Å². The average Bonchev–Trinajstić information content (AvgIpc) is 2.42. The van der Waals surface area contributed by atoms with Crippen molar-refractivity contribution in [3.63, 3.8) is 0 Å². The van der Waals surface area contributed by atoms with E-state index in [9.17, 15) is 4.39 Å². The first-order valence-corrected chi connectivity index (χ1v) is 6.94. The summed E-state index contributed by atoms with van der Waals surface area (Å²) in [5.41, 5.74) is 0.607. The molecule has 1 aliphatic carbocycles. The summed E-state index contributed by atoms with van der Waals surface area (Å²) >= 11 is 0. The number of nitrogens with one attached hydrogen (secondary N) is 1. The monoisotopic (exact) mass is 266 g/mol. The van der Waals surface area contributed by atoms with Crippen molar-refractivity contribution in [2.75, 3.05) is 14.2 Å². The summed E-state index contributed by atoms with van der Waals surface area (Å²) in [6, 6.07) is 1.53. The van der Waals surface area contributed by atoms with Crippen LogP contribution in [0, 0.1) is 11.7 Å². The molecule has 0 saturated heterocycles. The van der Waals surface area contributed by atoms with Crippen LogP contribution in [0.1, 0.15) is 44.2 Å². The van der Waals surface area contributed by atoms with Crippen LogP contribution in [-0.4, -0.2) is 24.7 Å². The zero-order chi connectivity index (χ0) is 13.9. The van der Waals surface area contributed by atoms with E-state index in [4.69, 9.17) is 4.74 Å². The highest BCUT2D eigenvalue weighted by atomic mass is 19.1. The highest BCUT2D eigenvalue weighted by Crippen LogP contribution is 2.42. The van der Waals surface area contributed by atoms with Gasteiger partial charge < -0.3 is 10.1 Å². The van der Waals surface area contributed by atoms with Gasteiger partial charge in [-0.25, -0.2) is 4.39 Å². The first-order chi connectivity index (χ1) is 9.11. The van der Waals surface area contributed by atoms with Crippen molar-refractivity contribution in [3.8, 4) is 0 Å². The minimum absolute atomic E-state index is 0.0202. The highest BCUT2D eigenvalue weighted by Gasteiger charge is 2.41. The molecule has 0 amide bonds. The molecule has 1 fully saturated rings. The molecule has 0 aromatic carbocycles. The molecule has 2 rings (SSSR count). The van der Waals surface area contributed by atoms with Crippen molar-refractivity contribution in [3.05, 3.63) is 29.8 Å². The summed E-state index contributed by atoms with van der Waals surface area (Å²) in [6.07, 6.45) is 7.24. The predicted octanol–water partition coefficient (Wildman–Crippen LogP) is 3.08. The van der Waals surface area contributed by atoms with Gasteiger partial charge in [-0.05, 0) is 50.3 Å². The molecule has 1 N–H and O–H groups in total. The number of likely N-dealkylation sites (N-methyl/N-ethyl adjacent to an activating group) is 1. The Labute approximate surface area is 114 Å². The van der Waals surface area contributed by atoms with Crippen molar-refractivity contribution in [1.29, 1.82) is 0 Å². The molecule has 0 bridgehead atoms. The van der Waals surface area contributed by atoms with Gasteiger partial charge in [0.2, 0.25) is 0 Å². The quantitative estimate of drug-likeness (QED) is 0.909. The lowest BCUT2D eigenvalue weighted by atomic mass is 9.73. The molecule has 0 spiro atoms. The lowest BCUT2D eigenvalue weighted by molar-refractivity contribution is -0.0746. The van der Waals surface area contributed by atoms with Crippen molar-refractivity contribution in [2.45, 2.75) is 44.2 Å². The van der Waals surface area contributed by atoms with Gasteiger partial charge in [-0.1, -0.05) is 6.92 Å². The molecule has 1 aromatic rings. The fraction of sp³-hybridized carbons (Fsp3) is 0.667. The van der Waals surface area contributed by atoms with E-state index in [0.717, 1.165) is 37.2 Å². The Morgan fingerprint density at radius 2 is 2.11 bits per heavy atom. The summed E-state index contributed by atoms with van der Waals surface area (Å²) in [5.74, 6) is 0.444. The molecule has 1 unspecified atom stereocenters. The van der Waals surface area contributed by atoms with Crippen LogP contribution in [-0.2, 0) is 4.74 Å². The first kappa shape index (κ1) is 14.4. The Morgan fingerprint density at radius 3 is 2.63 bits per heavy atom. The molecule has 106 valence electrons. The van der Waals surface area contributed by atoms with Gasteiger partial charge in [0, 0.05) is 13.3 Å². The largest absolute Gasteiger partial charge is 0.376 e. The van der Waals surface area contributed by atoms with Crippen LogP contribution < -0.4 is 5.32 Å². The van der Waals surface area contributed by atoms with Crippen LogP contribution in [0.2, 0.25) is 0 Å². The standard InChI is InChI=1S/C15H23FN2O/c1-11-4-6-15(19-3,7-5-11)14(17-2)12-8-13(16)10-18-9-12/h8-11,14,17H,4-7H2,1-3H3. The van der Waals surface area contributed by atoms with Crippen molar-refractivity contribution >= 4 is 0 Å². The van der Waals surface area contributed by atoms with E-state index in [1.165, 1.54) is 6.20 Å². The smallest absolute Gasteiger partial charge is 0.141 e. The van der Waals surface area contributed by atoms with Gasteiger partial charge in [0.15, 0.2) is 0 Å². The van der Waals surface area contributed by atoms with Crippen molar-refractivity contribution < 1.29 is 9.13 Å². The van der Waals surface area contributed by atoms with E-state index in [2.05, 4.69) is 17.2 Å². The van der Waals surface area contributed by atoms with Gasteiger partial charge in [0.25, 0.3) is 0 Å². The third-order valence-electron chi connectivity index (χ3n) is 4.40. The Balaban J connectivity index is 2.28. The van der Waals surface area contributed by atoms with E-state index in [1.54, 1.807) is 19.4 Å². The Morgan fingerprint density at radius 1 is 1.42 bits per heavy atom. The lowest BCUT2D eigenvalue weighted by Crippen LogP contribution is -2.47. The van der Waals surface area contributed by atoms with E-state index >= 15 is 0 Å². The third kappa shape index (κ3) is 2.95. The van der Waals surface area contributed by atoms with Gasteiger partial charge in [0.1, 0.15) is 5.82 Å². The van der Waals surface area contributed by atoms with Crippen LogP contribution in [0.5, 0.6) is 0 Å². The molecule has 1 heterocycles. The van der Waals surface area contributed by atoms with Crippen LogP contribution in [0.15, 0.2) is 18.5 Å². The SMILES string of the molecule is CNC(c1cncc(F)c1)C1(OC)CCC(C)CC1. The first-order valence-electron chi connectivity index (χ1n) is 6.94. The Hall–Kier alpha value is -1.00. The summed E-state index contributed by atoms with van der Waals surface area (Å²) < 4.78 is 19.3. The molecule has 4 heteroatoms. The second-order valence-electron chi connectivity index (χ2n) is 5.61. The Bertz CT molecular complexity index is 416. The topological polar surface area (TPSA) is 34.2 Å². The molecule has 1 aliphatic rings. The van der Waals surface area contributed by atoms with E-state index in [1.807, 2.05) is 7.05 Å². The number of methoxy groups -OCH3 is 1. The molecule has 0 radical (unpaired) electrons. The number of hydrogen-bond donors (Lipinski definition) is 1.